The summed E-state index contributed by atoms with van der Waals surface area (Å²) in [7, 11) is 2.06. The van der Waals surface area contributed by atoms with Crippen molar-refractivity contribution in [2.75, 3.05) is 63.6 Å². The van der Waals surface area contributed by atoms with Gasteiger partial charge in [0.25, 0.3) is 0 Å². The zero-order chi connectivity index (χ0) is 34.4. The molecule has 48 heavy (non-hydrogen) atoms. The van der Waals surface area contributed by atoms with Gasteiger partial charge in [0.05, 0.1) is 0 Å². The van der Waals surface area contributed by atoms with Gasteiger partial charge >= 0.3 is 6.18 Å². The van der Waals surface area contributed by atoms with Gasteiger partial charge in [0, 0.05) is 72.0 Å². The molecule has 0 radical (unpaired) electrons. The number of aromatic nitrogens is 3. The molecule has 6 rings (SSSR count). The van der Waals surface area contributed by atoms with E-state index in [9.17, 15) is 18.0 Å². The summed E-state index contributed by atoms with van der Waals surface area (Å²) in [6, 6.07) is 1.86. The van der Waals surface area contributed by atoms with E-state index in [4.69, 9.17) is 25.8 Å². The number of amides is 1. The van der Waals surface area contributed by atoms with Crippen LogP contribution in [0.15, 0.2) is 31.5 Å². The Bertz CT molecular complexity index is 1770. The number of pyridine rings is 1. The fraction of sp³-hybridized carbons (Fsp3) is 0.457. The Morgan fingerprint density at radius 2 is 1.83 bits per heavy atom. The van der Waals surface area contributed by atoms with Gasteiger partial charge in [-0.2, -0.15) is 13.2 Å². The van der Waals surface area contributed by atoms with Crippen molar-refractivity contribution in [2.45, 2.75) is 44.7 Å². The van der Waals surface area contributed by atoms with Crippen molar-refractivity contribution >= 4 is 40.7 Å². The Hall–Kier alpha value is -4.52. The summed E-state index contributed by atoms with van der Waals surface area (Å²) in [5.41, 5.74) is 8.63. The number of alkyl halides is 3. The van der Waals surface area contributed by atoms with Crippen LogP contribution in [0.25, 0.3) is 28.1 Å². The zero-order valence-electron chi connectivity index (χ0n) is 27.4. The molecule has 0 saturated carbocycles. The summed E-state index contributed by atoms with van der Waals surface area (Å²) in [4.78, 5) is 32.7. The van der Waals surface area contributed by atoms with Gasteiger partial charge in [0.2, 0.25) is 5.91 Å². The number of nitrogens with one attached hydrogen (secondary N) is 1. The average molecular weight is 663 g/mol. The third-order valence-electron chi connectivity index (χ3n) is 10.1. The van der Waals surface area contributed by atoms with E-state index in [0.29, 0.717) is 65.5 Å². The number of nitrogens with two attached hydrogens (primary N) is 1. The number of piperidine rings is 2. The van der Waals surface area contributed by atoms with Crippen LogP contribution in [0.3, 0.4) is 0 Å². The first-order valence-corrected chi connectivity index (χ1v) is 16.2. The molecule has 5 heterocycles. The molecule has 13 heteroatoms. The Kier molecular flexibility index (Phi) is 8.92. The summed E-state index contributed by atoms with van der Waals surface area (Å²) in [5, 5.41) is 8.69. The second-order valence-corrected chi connectivity index (χ2v) is 13.3. The molecule has 3 aliphatic heterocycles. The fourth-order valence-electron chi connectivity index (χ4n) is 7.34. The number of anilines is 2. The summed E-state index contributed by atoms with van der Waals surface area (Å²) in [5.74, 6) is 1.18. The molecule has 0 atom stereocenters. The lowest BCUT2D eigenvalue weighted by molar-refractivity contribution is -0.153. The van der Waals surface area contributed by atoms with Crippen LogP contribution in [0.1, 0.15) is 54.1 Å². The maximum Gasteiger partial charge on any atom is 0.422 e. The zero-order valence-corrected chi connectivity index (χ0v) is 27.4. The molecule has 3 saturated heterocycles. The van der Waals surface area contributed by atoms with Gasteiger partial charge in [0.1, 0.15) is 23.0 Å². The number of likely N-dealkylation sites (tertiary alicyclic amines) is 2. The Morgan fingerprint density at radius 1 is 1.15 bits per heavy atom. The van der Waals surface area contributed by atoms with Crippen LogP contribution in [0.5, 0.6) is 5.75 Å². The number of fused-ring (bicyclic) bond motifs is 1. The van der Waals surface area contributed by atoms with Crippen LogP contribution in [0, 0.1) is 17.7 Å². The number of hydrogen-bond donors (Lipinski definition) is 2. The molecule has 3 fully saturated rings. The number of benzene rings is 1. The van der Waals surface area contributed by atoms with Crippen LogP contribution >= 0.6 is 0 Å². The molecule has 0 unspecified atom stereocenters. The fourth-order valence-corrected chi connectivity index (χ4v) is 7.34. The molecule has 3 aromatic rings. The predicted molar refractivity (Wildman–Crippen MR) is 182 cm³/mol. The highest BCUT2D eigenvalue weighted by atomic mass is 19.4. The van der Waals surface area contributed by atoms with Gasteiger partial charge in [-0.15, -0.1) is 0 Å². The normalized spacial score (nSPS) is 18.5. The molecule has 254 valence electrons. The lowest BCUT2D eigenvalue weighted by Gasteiger charge is -2.54. The lowest BCUT2D eigenvalue weighted by Crippen LogP contribution is -2.61. The lowest BCUT2D eigenvalue weighted by atomic mass is 9.72. The largest absolute Gasteiger partial charge is 0.481 e. The summed E-state index contributed by atoms with van der Waals surface area (Å²) >= 11 is 0. The Balaban J connectivity index is 1.54. The van der Waals surface area contributed by atoms with E-state index in [1.807, 2.05) is 6.07 Å². The van der Waals surface area contributed by atoms with Gasteiger partial charge in [-0.25, -0.2) is 15.0 Å². The predicted octanol–water partition coefficient (Wildman–Crippen LogP) is 5.59. The molecule has 3 N–H and O–H groups in total. The molecular formula is C35H41F3N8O2. The minimum atomic E-state index is -4.62. The molecule has 3 aliphatic rings. The smallest absolute Gasteiger partial charge is 0.422 e. The van der Waals surface area contributed by atoms with Crippen molar-refractivity contribution in [1.29, 1.82) is 5.41 Å². The number of halogens is 3. The van der Waals surface area contributed by atoms with Crippen molar-refractivity contribution in [1.82, 2.24) is 24.8 Å². The van der Waals surface area contributed by atoms with Crippen molar-refractivity contribution in [3.63, 3.8) is 0 Å². The molecule has 0 bridgehead atoms. The van der Waals surface area contributed by atoms with Crippen molar-refractivity contribution in [3.8, 4) is 16.9 Å². The number of nitrogen functional groups attached to an aromatic ring is 1. The second-order valence-electron chi connectivity index (χ2n) is 13.3. The third-order valence-corrected chi connectivity index (χ3v) is 10.1. The van der Waals surface area contributed by atoms with Gasteiger partial charge in [0.15, 0.2) is 12.4 Å². The van der Waals surface area contributed by atoms with E-state index >= 15 is 0 Å². The molecule has 0 aliphatic carbocycles. The number of aryl methyl sites for hydroxylation is 1. The molecule has 1 aromatic carbocycles. The highest BCUT2D eigenvalue weighted by Crippen LogP contribution is 2.47. The highest BCUT2D eigenvalue weighted by Gasteiger charge is 2.46. The number of nitrogens with zero attached hydrogens (tertiary/aromatic N) is 6. The summed E-state index contributed by atoms with van der Waals surface area (Å²) in [6.07, 6.45) is 4.18. The Morgan fingerprint density at radius 3 is 2.44 bits per heavy atom. The number of hydrogen-bond acceptors (Lipinski definition) is 9. The van der Waals surface area contributed by atoms with Gasteiger partial charge in [-0.05, 0) is 76.0 Å². The third kappa shape index (κ3) is 6.23. The van der Waals surface area contributed by atoms with E-state index < -0.39 is 12.8 Å². The van der Waals surface area contributed by atoms with Gasteiger partial charge in [-0.3, -0.25) is 4.79 Å². The molecule has 1 spiro atoms. The van der Waals surface area contributed by atoms with Crippen LogP contribution in [0.2, 0.25) is 0 Å². The van der Waals surface area contributed by atoms with Crippen molar-refractivity contribution in [3.05, 3.63) is 54.0 Å². The molecule has 1 amide bonds. The van der Waals surface area contributed by atoms with Crippen LogP contribution in [-0.2, 0) is 4.79 Å². The summed E-state index contributed by atoms with van der Waals surface area (Å²) < 4.78 is 47.3. The number of ether oxygens (including phenoxy) is 1. The van der Waals surface area contributed by atoms with E-state index in [1.54, 1.807) is 17.9 Å². The summed E-state index contributed by atoms with van der Waals surface area (Å²) in [6.45, 7) is 12.2. The van der Waals surface area contributed by atoms with Crippen LogP contribution in [0.4, 0.5) is 24.8 Å². The van der Waals surface area contributed by atoms with Crippen molar-refractivity contribution < 1.29 is 22.7 Å². The average Bonchev–Trinajstić information content (AvgIpc) is 3.05. The minimum absolute atomic E-state index is 0.0130. The number of carbonyl (C=O) groups is 1. The maximum atomic E-state index is 13.8. The quantitative estimate of drug-likeness (QED) is 0.237. The van der Waals surface area contributed by atoms with Crippen LogP contribution < -0.4 is 15.4 Å². The van der Waals surface area contributed by atoms with E-state index in [-0.39, 0.29) is 39.9 Å². The first kappa shape index (κ1) is 33.4. The topological polar surface area (TPSA) is 125 Å². The maximum absolute atomic E-state index is 13.8. The highest BCUT2D eigenvalue weighted by molar-refractivity contribution is 6.06. The Labute approximate surface area is 278 Å². The molecular weight excluding hydrogens is 621 g/mol. The second kappa shape index (κ2) is 12.8. The first-order valence-electron chi connectivity index (χ1n) is 16.2. The minimum Gasteiger partial charge on any atom is -0.481 e. The van der Waals surface area contributed by atoms with E-state index in [0.717, 1.165) is 45.0 Å². The molecule has 2 aromatic heterocycles. The van der Waals surface area contributed by atoms with Crippen LogP contribution in [-0.4, -0.2) is 96.0 Å². The van der Waals surface area contributed by atoms with E-state index in [1.165, 1.54) is 12.3 Å². The number of carbonyl (C=O) groups excluding carboxylic acids is 1. The number of rotatable bonds is 8. The van der Waals surface area contributed by atoms with Gasteiger partial charge < -0.3 is 30.6 Å². The first-order chi connectivity index (χ1) is 22.9. The van der Waals surface area contributed by atoms with Gasteiger partial charge in [-0.1, -0.05) is 19.2 Å². The van der Waals surface area contributed by atoms with E-state index in [2.05, 4.69) is 35.0 Å². The monoisotopic (exact) mass is 662 g/mol. The van der Waals surface area contributed by atoms with Crippen molar-refractivity contribution in [2.24, 2.45) is 5.41 Å². The SMILES string of the molecule is C=CC(=O)N1CC2(CCN(c3nc(C4CCN(C)CC4)nc4c(OCC(F)(F)F)c(-c5c(C)cnc(N)c5C=N)c(C=C)cc34)CC2)C1. The molecule has 10 nitrogen and oxygen atoms in total. The standard InChI is InChI=1S/C35H41F3N8O2/c1-5-22-15-24-29(30(48-20-35(36,37)38)28(22)27-21(3)17-41-31(40)25(27)16-39)42-32(23-7-11-44(4)12-8-23)43-33(24)45-13-9-34(10-14-45)18-46(19-34)26(47)6-2/h5-6,15-17,23,39H,1-2,7-14,18-20H2,3-4H3,(H2,40,41).